The van der Waals surface area contributed by atoms with E-state index in [0.717, 1.165) is 6.07 Å². The Balaban J connectivity index is 2.14. The molecular weight excluding hydrogens is 301 g/mol. The predicted octanol–water partition coefficient (Wildman–Crippen LogP) is 3.73. The van der Waals surface area contributed by atoms with Gasteiger partial charge >= 0.3 is 0 Å². The minimum Gasteiger partial charge on any atom is -0.283 e. The summed E-state index contributed by atoms with van der Waals surface area (Å²) >= 11 is 5.74. The summed E-state index contributed by atoms with van der Waals surface area (Å²) in [6, 6.07) is 10.7. The predicted molar refractivity (Wildman–Crippen MR) is 78.8 cm³/mol. The summed E-state index contributed by atoms with van der Waals surface area (Å²) in [5.41, 5.74) is 1.28. The number of hydrogen-bond acceptors (Lipinski definition) is 2. The molecule has 0 spiro atoms. The topological polar surface area (TPSA) is 46.2 Å². The number of rotatable bonds is 4. The Morgan fingerprint density at radius 3 is 2.40 bits per heavy atom. The van der Waals surface area contributed by atoms with Crippen molar-refractivity contribution in [2.45, 2.75) is 12.7 Å². The summed E-state index contributed by atoms with van der Waals surface area (Å²) in [6.07, 6.45) is 0. The minimum atomic E-state index is -3.59. The third-order valence-corrected chi connectivity index (χ3v) is 4.23. The Labute approximate surface area is 122 Å². The van der Waals surface area contributed by atoms with E-state index in [-0.39, 0.29) is 11.4 Å². The third kappa shape index (κ3) is 3.95. The molecule has 0 amide bonds. The van der Waals surface area contributed by atoms with Gasteiger partial charge in [-0.05, 0) is 42.3 Å². The van der Waals surface area contributed by atoms with Crippen molar-refractivity contribution in [2.24, 2.45) is 0 Å². The van der Waals surface area contributed by atoms with Crippen LogP contribution in [0.5, 0.6) is 0 Å². The number of sulfonamides is 1. The highest BCUT2D eigenvalue weighted by Crippen LogP contribution is 2.17. The van der Waals surface area contributed by atoms with Gasteiger partial charge in [0, 0.05) is 5.02 Å². The number of benzene rings is 2. The normalized spacial score (nSPS) is 11.3. The van der Waals surface area contributed by atoms with Gasteiger partial charge in [-0.2, -0.15) is 0 Å². The van der Waals surface area contributed by atoms with E-state index >= 15 is 0 Å². The highest BCUT2D eigenvalue weighted by Gasteiger charge is 2.12. The summed E-state index contributed by atoms with van der Waals surface area (Å²) in [7, 11) is -3.59. The fraction of sp³-hybridized carbons (Fsp3) is 0.143. The summed E-state index contributed by atoms with van der Waals surface area (Å²) in [5.74, 6) is -0.642. The van der Waals surface area contributed by atoms with E-state index < -0.39 is 15.8 Å². The van der Waals surface area contributed by atoms with Crippen LogP contribution in [0.2, 0.25) is 5.02 Å². The molecule has 0 radical (unpaired) electrons. The van der Waals surface area contributed by atoms with Crippen molar-refractivity contribution >= 4 is 27.3 Å². The van der Waals surface area contributed by atoms with Gasteiger partial charge in [-0.25, -0.2) is 12.8 Å². The fourth-order valence-corrected chi connectivity index (χ4v) is 2.99. The molecule has 0 saturated carbocycles. The first-order valence-corrected chi connectivity index (χ1v) is 7.90. The SMILES string of the molecule is Cc1ccc(NS(=O)(=O)Cc2ccc(Cl)cc2)cc1F. The van der Waals surface area contributed by atoms with Crippen molar-refractivity contribution in [3.8, 4) is 0 Å². The maximum absolute atomic E-state index is 13.4. The van der Waals surface area contributed by atoms with Crippen LogP contribution in [0.25, 0.3) is 0 Å². The monoisotopic (exact) mass is 313 g/mol. The fourth-order valence-electron chi connectivity index (χ4n) is 1.67. The second-order valence-corrected chi connectivity index (χ2v) is 6.61. The molecule has 3 nitrogen and oxygen atoms in total. The second kappa shape index (κ2) is 5.81. The molecule has 106 valence electrons. The Bertz CT molecular complexity index is 714. The average Bonchev–Trinajstić information content (AvgIpc) is 2.36. The van der Waals surface area contributed by atoms with Crippen LogP contribution in [-0.4, -0.2) is 8.42 Å². The van der Waals surface area contributed by atoms with Crippen molar-refractivity contribution in [1.82, 2.24) is 0 Å². The summed E-state index contributed by atoms with van der Waals surface area (Å²) in [6.45, 7) is 1.61. The van der Waals surface area contributed by atoms with E-state index in [2.05, 4.69) is 4.72 Å². The molecule has 0 aliphatic rings. The highest BCUT2D eigenvalue weighted by atomic mass is 35.5. The number of hydrogen-bond donors (Lipinski definition) is 1. The quantitative estimate of drug-likeness (QED) is 0.935. The lowest BCUT2D eigenvalue weighted by Gasteiger charge is -2.09. The molecule has 6 heteroatoms. The molecule has 2 rings (SSSR count). The van der Waals surface area contributed by atoms with Crippen molar-refractivity contribution in [1.29, 1.82) is 0 Å². The van der Waals surface area contributed by atoms with Gasteiger partial charge in [0.05, 0.1) is 11.4 Å². The van der Waals surface area contributed by atoms with Crippen LogP contribution in [0, 0.1) is 12.7 Å². The summed E-state index contributed by atoms with van der Waals surface area (Å²) in [4.78, 5) is 0. The van der Waals surface area contributed by atoms with E-state index in [0.29, 0.717) is 16.1 Å². The van der Waals surface area contributed by atoms with Crippen molar-refractivity contribution in [3.05, 3.63) is 64.4 Å². The average molecular weight is 314 g/mol. The van der Waals surface area contributed by atoms with E-state index in [1.807, 2.05) is 0 Å². The van der Waals surface area contributed by atoms with Crippen LogP contribution in [-0.2, 0) is 15.8 Å². The van der Waals surface area contributed by atoms with Gasteiger partial charge in [-0.1, -0.05) is 29.8 Å². The van der Waals surface area contributed by atoms with Crippen LogP contribution in [0.15, 0.2) is 42.5 Å². The lowest BCUT2D eigenvalue weighted by atomic mass is 10.2. The Morgan fingerprint density at radius 1 is 1.15 bits per heavy atom. The number of aryl methyl sites for hydroxylation is 1. The van der Waals surface area contributed by atoms with E-state index in [1.165, 1.54) is 12.1 Å². The summed E-state index contributed by atoms with van der Waals surface area (Å²) in [5, 5.41) is 0.541. The minimum absolute atomic E-state index is 0.195. The molecule has 0 atom stereocenters. The lowest BCUT2D eigenvalue weighted by molar-refractivity contribution is 0.600. The molecule has 0 aromatic heterocycles. The first kappa shape index (κ1) is 14.8. The molecule has 0 heterocycles. The van der Waals surface area contributed by atoms with Crippen LogP contribution < -0.4 is 4.72 Å². The van der Waals surface area contributed by atoms with Gasteiger partial charge < -0.3 is 0 Å². The summed E-state index contributed by atoms with van der Waals surface area (Å²) < 4.78 is 39.7. The second-order valence-electron chi connectivity index (χ2n) is 4.45. The zero-order valence-corrected chi connectivity index (χ0v) is 12.3. The maximum atomic E-state index is 13.4. The molecule has 20 heavy (non-hydrogen) atoms. The zero-order valence-electron chi connectivity index (χ0n) is 10.7. The molecule has 0 bridgehead atoms. The Morgan fingerprint density at radius 2 is 1.80 bits per heavy atom. The number of nitrogens with one attached hydrogen (secondary N) is 1. The van der Waals surface area contributed by atoms with Gasteiger partial charge in [0.1, 0.15) is 5.82 Å². The zero-order chi connectivity index (χ0) is 14.8. The van der Waals surface area contributed by atoms with Crippen molar-refractivity contribution in [2.75, 3.05) is 4.72 Å². The number of anilines is 1. The molecule has 0 unspecified atom stereocenters. The molecule has 0 saturated heterocycles. The van der Waals surface area contributed by atoms with Gasteiger partial charge in [-0.3, -0.25) is 4.72 Å². The molecule has 0 aliphatic heterocycles. The van der Waals surface area contributed by atoms with Crippen LogP contribution in [0.4, 0.5) is 10.1 Å². The van der Waals surface area contributed by atoms with Gasteiger partial charge in [0.25, 0.3) is 0 Å². The lowest BCUT2D eigenvalue weighted by Crippen LogP contribution is -2.15. The Hall–Kier alpha value is -1.59. The molecule has 1 N–H and O–H groups in total. The van der Waals surface area contributed by atoms with Crippen LogP contribution >= 0.6 is 11.6 Å². The molecule has 2 aromatic carbocycles. The van der Waals surface area contributed by atoms with Gasteiger partial charge in [0.15, 0.2) is 0 Å². The van der Waals surface area contributed by atoms with Crippen molar-refractivity contribution in [3.63, 3.8) is 0 Å². The molecule has 0 aliphatic carbocycles. The van der Waals surface area contributed by atoms with E-state index in [9.17, 15) is 12.8 Å². The molecule has 0 fully saturated rings. The largest absolute Gasteiger partial charge is 0.283 e. The maximum Gasteiger partial charge on any atom is 0.236 e. The van der Waals surface area contributed by atoms with Crippen molar-refractivity contribution < 1.29 is 12.8 Å². The van der Waals surface area contributed by atoms with Crippen LogP contribution in [0.1, 0.15) is 11.1 Å². The highest BCUT2D eigenvalue weighted by molar-refractivity contribution is 7.91. The third-order valence-electron chi connectivity index (χ3n) is 2.72. The molecular formula is C14H13ClFNO2S. The first-order chi connectivity index (χ1) is 9.35. The van der Waals surface area contributed by atoms with Crippen LogP contribution in [0.3, 0.4) is 0 Å². The first-order valence-electron chi connectivity index (χ1n) is 5.87. The molecule has 2 aromatic rings. The van der Waals surface area contributed by atoms with E-state index in [4.69, 9.17) is 11.6 Å². The van der Waals surface area contributed by atoms with Gasteiger partial charge in [0.2, 0.25) is 10.0 Å². The standard InChI is InChI=1S/C14H13ClFNO2S/c1-10-2-7-13(8-14(10)16)17-20(18,19)9-11-3-5-12(15)6-4-11/h2-8,17H,9H2,1H3. The number of halogens is 2. The smallest absolute Gasteiger partial charge is 0.236 e. The van der Waals surface area contributed by atoms with E-state index in [1.54, 1.807) is 31.2 Å². The Kier molecular flexibility index (Phi) is 4.30. The van der Waals surface area contributed by atoms with Gasteiger partial charge in [-0.15, -0.1) is 0 Å².